The lowest BCUT2D eigenvalue weighted by atomic mass is 9.96. The van der Waals surface area contributed by atoms with Crippen LogP contribution < -0.4 is 9.64 Å². The number of aromatic nitrogens is 1. The lowest BCUT2D eigenvalue weighted by molar-refractivity contribution is 0.0785. The summed E-state index contributed by atoms with van der Waals surface area (Å²) in [6, 6.07) is 15.6. The standard InChI is InChI=1S/C26H28ClN3O3/c1-18-6-4-5-7-21(18)22-15-25(30-10-12-33-13-11-30)28-16-23(22)26(31)29(2)17-19-14-20(32-3)8-9-24(19)27/h4-9,14-16H,10-13,17H2,1-3H3. The molecule has 4 rings (SSSR count). The highest BCUT2D eigenvalue weighted by molar-refractivity contribution is 6.31. The van der Waals surface area contributed by atoms with E-state index in [2.05, 4.69) is 22.9 Å². The molecule has 1 aliphatic rings. The van der Waals surface area contributed by atoms with Crippen molar-refractivity contribution in [2.45, 2.75) is 13.5 Å². The van der Waals surface area contributed by atoms with Crippen LogP contribution in [-0.2, 0) is 11.3 Å². The van der Waals surface area contributed by atoms with Crippen LogP contribution in [0.3, 0.4) is 0 Å². The van der Waals surface area contributed by atoms with Crippen molar-refractivity contribution >= 4 is 23.3 Å². The van der Waals surface area contributed by atoms with Crippen molar-refractivity contribution in [2.75, 3.05) is 45.4 Å². The van der Waals surface area contributed by atoms with Gasteiger partial charge in [-0.2, -0.15) is 0 Å². The van der Waals surface area contributed by atoms with E-state index < -0.39 is 0 Å². The van der Waals surface area contributed by atoms with Gasteiger partial charge in [0.15, 0.2) is 0 Å². The monoisotopic (exact) mass is 465 g/mol. The summed E-state index contributed by atoms with van der Waals surface area (Å²) >= 11 is 6.38. The van der Waals surface area contributed by atoms with E-state index in [1.807, 2.05) is 30.3 Å². The number of nitrogens with zero attached hydrogens (tertiary/aromatic N) is 3. The third kappa shape index (κ3) is 5.13. The van der Waals surface area contributed by atoms with Crippen LogP contribution >= 0.6 is 11.6 Å². The largest absolute Gasteiger partial charge is 0.497 e. The Morgan fingerprint density at radius 3 is 2.64 bits per heavy atom. The molecule has 0 spiro atoms. The number of morpholine rings is 1. The highest BCUT2D eigenvalue weighted by Crippen LogP contribution is 2.31. The summed E-state index contributed by atoms with van der Waals surface area (Å²) < 4.78 is 10.8. The molecule has 0 unspecified atom stereocenters. The zero-order valence-corrected chi connectivity index (χ0v) is 19.9. The van der Waals surface area contributed by atoms with Crippen molar-refractivity contribution in [2.24, 2.45) is 0 Å². The molecule has 7 heteroatoms. The third-order valence-corrected chi connectivity index (χ3v) is 6.27. The summed E-state index contributed by atoms with van der Waals surface area (Å²) in [5.74, 6) is 1.44. The van der Waals surface area contributed by atoms with Gasteiger partial charge < -0.3 is 19.3 Å². The Morgan fingerprint density at radius 2 is 1.91 bits per heavy atom. The van der Waals surface area contributed by atoms with Crippen LogP contribution in [0.5, 0.6) is 5.75 Å². The zero-order chi connectivity index (χ0) is 23.4. The summed E-state index contributed by atoms with van der Waals surface area (Å²) in [6.07, 6.45) is 1.69. The van der Waals surface area contributed by atoms with E-state index in [4.69, 9.17) is 21.1 Å². The zero-order valence-electron chi connectivity index (χ0n) is 19.2. The number of ether oxygens (including phenoxy) is 2. The maximum absolute atomic E-state index is 13.6. The van der Waals surface area contributed by atoms with Crippen LogP contribution in [-0.4, -0.2) is 56.3 Å². The van der Waals surface area contributed by atoms with Gasteiger partial charge in [-0.15, -0.1) is 0 Å². The first kappa shape index (κ1) is 23.1. The first-order valence-corrected chi connectivity index (χ1v) is 11.3. The number of pyridine rings is 1. The van der Waals surface area contributed by atoms with Crippen molar-refractivity contribution in [3.05, 3.63) is 76.4 Å². The number of hydrogen-bond donors (Lipinski definition) is 0. The lowest BCUT2D eigenvalue weighted by Gasteiger charge is -2.29. The smallest absolute Gasteiger partial charge is 0.256 e. The van der Waals surface area contributed by atoms with E-state index in [1.165, 1.54) is 0 Å². The summed E-state index contributed by atoms with van der Waals surface area (Å²) in [5.41, 5.74) is 4.37. The van der Waals surface area contributed by atoms with Gasteiger partial charge in [0.1, 0.15) is 11.6 Å². The number of carbonyl (C=O) groups is 1. The molecule has 0 aliphatic carbocycles. The minimum Gasteiger partial charge on any atom is -0.497 e. The molecular weight excluding hydrogens is 438 g/mol. The first-order valence-electron chi connectivity index (χ1n) is 10.9. The Balaban J connectivity index is 1.69. The number of rotatable bonds is 6. The van der Waals surface area contributed by atoms with Crippen LogP contribution in [0.15, 0.2) is 54.7 Å². The van der Waals surface area contributed by atoms with Gasteiger partial charge in [0.05, 0.1) is 25.9 Å². The molecule has 0 radical (unpaired) electrons. The number of anilines is 1. The number of benzene rings is 2. The fraction of sp³-hybridized carbons (Fsp3) is 0.308. The van der Waals surface area contributed by atoms with Crippen LogP contribution in [0.4, 0.5) is 5.82 Å². The van der Waals surface area contributed by atoms with E-state index in [0.29, 0.717) is 36.1 Å². The molecule has 2 aromatic carbocycles. The molecule has 1 aromatic heterocycles. The maximum Gasteiger partial charge on any atom is 0.256 e. The van der Waals surface area contributed by atoms with Gasteiger partial charge in [0.25, 0.3) is 5.91 Å². The molecule has 1 amide bonds. The van der Waals surface area contributed by atoms with E-state index in [0.717, 1.165) is 41.2 Å². The molecule has 6 nitrogen and oxygen atoms in total. The van der Waals surface area contributed by atoms with Crippen molar-refractivity contribution in [1.82, 2.24) is 9.88 Å². The molecule has 3 aromatic rings. The Bertz CT molecular complexity index is 1150. The van der Waals surface area contributed by atoms with Crippen LogP contribution in [0.25, 0.3) is 11.1 Å². The van der Waals surface area contributed by atoms with Crippen LogP contribution in [0.1, 0.15) is 21.5 Å². The molecule has 0 saturated carbocycles. The normalized spacial score (nSPS) is 13.6. The SMILES string of the molecule is COc1ccc(Cl)c(CN(C)C(=O)c2cnc(N3CCOCC3)cc2-c2ccccc2C)c1. The lowest BCUT2D eigenvalue weighted by Crippen LogP contribution is -2.37. The number of carbonyl (C=O) groups excluding carboxylic acids is 1. The molecule has 1 aliphatic heterocycles. The van der Waals surface area contributed by atoms with Crippen molar-refractivity contribution in [3.8, 4) is 16.9 Å². The number of hydrogen-bond acceptors (Lipinski definition) is 5. The predicted octanol–water partition coefficient (Wildman–Crippen LogP) is 4.83. The number of methoxy groups -OCH3 is 1. The number of amides is 1. The van der Waals surface area contributed by atoms with Gasteiger partial charge in [-0.3, -0.25) is 4.79 Å². The number of aryl methyl sites for hydroxylation is 1. The van der Waals surface area contributed by atoms with Crippen LogP contribution in [0, 0.1) is 6.92 Å². The molecule has 172 valence electrons. The van der Waals surface area contributed by atoms with Gasteiger partial charge in [0.2, 0.25) is 0 Å². The summed E-state index contributed by atoms with van der Waals surface area (Å²) in [4.78, 5) is 22.1. The first-order chi connectivity index (χ1) is 16.0. The fourth-order valence-electron chi connectivity index (χ4n) is 4.01. The van der Waals surface area contributed by atoms with E-state index >= 15 is 0 Å². The number of halogens is 1. The second-order valence-electron chi connectivity index (χ2n) is 8.12. The average molecular weight is 466 g/mol. The fourth-order valence-corrected chi connectivity index (χ4v) is 4.19. The van der Waals surface area contributed by atoms with Crippen molar-refractivity contribution in [3.63, 3.8) is 0 Å². The summed E-state index contributed by atoms with van der Waals surface area (Å²) in [6.45, 7) is 5.31. The summed E-state index contributed by atoms with van der Waals surface area (Å²) in [5, 5.41) is 0.593. The molecule has 1 fully saturated rings. The molecule has 0 atom stereocenters. The Hall–Kier alpha value is -3.09. The van der Waals surface area contributed by atoms with E-state index in [-0.39, 0.29) is 5.91 Å². The van der Waals surface area contributed by atoms with Gasteiger partial charge in [0, 0.05) is 37.9 Å². The Labute approximate surface area is 199 Å². The minimum atomic E-state index is -0.117. The van der Waals surface area contributed by atoms with E-state index in [9.17, 15) is 4.79 Å². The van der Waals surface area contributed by atoms with Gasteiger partial charge in [-0.1, -0.05) is 35.9 Å². The highest BCUT2D eigenvalue weighted by Gasteiger charge is 2.22. The van der Waals surface area contributed by atoms with Gasteiger partial charge in [-0.05, 0) is 53.4 Å². The highest BCUT2D eigenvalue weighted by atomic mass is 35.5. The van der Waals surface area contributed by atoms with Crippen LogP contribution in [0.2, 0.25) is 5.02 Å². The summed E-state index contributed by atoms with van der Waals surface area (Å²) in [7, 11) is 3.38. The third-order valence-electron chi connectivity index (χ3n) is 5.90. The Kier molecular flexibility index (Phi) is 7.16. The maximum atomic E-state index is 13.6. The minimum absolute atomic E-state index is 0.117. The van der Waals surface area contributed by atoms with Crippen molar-refractivity contribution in [1.29, 1.82) is 0 Å². The molecular formula is C26H28ClN3O3. The average Bonchev–Trinajstić information content (AvgIpc) is 2.85. The predicted molar refractivity (Wildman–Crippen MR) is 131 cm³/mol. The second-order valence-corrected chi connectivity index (χ2v) is 8.53. The quantitative estimate of drug-likeness (QED) is 0.522. The van der Waals surface area contributed by atoms with Crippen molar-refractivity contribution < 1.29 is 14.3 Å². The second kappa shape index (κ2) is 10.2. The van der Waals surface area contributed by atoms with Gasteiger partial charge in [-0.25, -0.2) is 4.98 Å². The molecule has 1 saturated heterocycles. The molecule has 2 heterocycles. The molecule has 33 heavy (non-hydrogen) atoms. The molecule has 0 N–H and O–H groups in total. The van der Waals surface area contributed by atoms with E-state index in [1.54, 1.807) is 37.4 Å². The Morgan fingerprint density at radius 1 is 1.15 bits per heavy atom. The van der Waals surface area contributed by atoms with Gasteiger partial charge >= 0.3 is 0 Å². The molecule has 0 bridgehead atoms. The topological polar surface area (TPSA) is 54.9 Å².